The lowest BCUT2D eigenvalue weighted by molar-refractivity contribution is 0.281. The fourth-order valence-corrected chi connectivity index (χ4v) is 1.03. The Kier molecular flexibility index (Phi) is 2.88. The summed E-state index contributed by atoms with van der Waals surface area (Å²) in [5.74, 6) is 0.780. The number of aliphatic hydroxyl groups excluding tert-OH is 1. The molecule has 0 aromatic heterocycles. The summed E-state index contributed by atoms with van der Waals surface area (Å²) < 4.78 is 5.03. The molecule has 0 amide bonds. The maximum Gasteiger partial charge on any atom is 0.119 e. The van der Waals surface area contributed by atoms with Gasteiger partial charge in [-0.05, 0) is 23.3 Å². The summed E-state index contributed by atoms with van der Waals surface area (Å²) in [4.78, 5) is 0. The maximum absolute atomic E-state index is 8.92. The lowest BCUT2D eigenvalue weighted by Gasteiger charge is -2.05. The third-order valence-electron chi connectivity index (χ3n) is 1.74. The molecule has 64 valence electrons. The zero-order valence-corrected chi connectivity index (χ0v) is 7.08. The molecule has 0 aliphatic rings. The van der Waals surface area contributed by atoms with Gasteiger partial charge in [0.05, 0.1) is 13.7 Å². The monoisotopic (exact) mass is 164 g/mol. The minimum absolute atomic E-state index is 0.0331. The predicted molar refractivity (Wildman–Crippen MR) is 49.0 cm³/mol. The Morgan fingerprint density at radius 3 is 2.83 bits per heavy atom. The van der Waals surface area contributed by atoms with Gasteiger partial charge >= 0.3 is 0 Å². The molecule has 0 aliphatic carbocycles. The van der Waals surface area contributed by atoms with Gasteiger partial charge < -0.3 is 9.84 Å². The summed E-state index contributed by atoms with van der Waals surface area (Å²) in [5, 5.41) is 8.92. The van der Waals surface area contributed by atoms with E-state index in [2.05, 4.69) is 6.58 Å². The number of aliphatic hydroxyl groups is 1. The molecule has 1 N–H and O–H groups in total. The molecular weight excluding hydrogens is 152 g/mol. The highest BCUT2D eigenvalue weighted by Crippen LogP contribution is 2.18. The van der Waals surface area contributed by atoms with Crippen molar-refractivity contribution in [3.63, 3.8) is 0 Å². The quantitative estimate of drug-likeness (QED) is 0.738. The Labute approximate surface area is 72.1 Å². The molecule has 2 heteroatoms. The fourth-order valence-electron chi connectivity index (χ4n) is 1.03. The van der Waals surface area contributed by atoms with Gasteiger partial charge in [0.25, 0.3) is 0 Å². The Hall–Kier alpha value is -1.28. The smallest absolute Gasteiger partial charge is 0.119 e. The van der Waals surface area contributed by atoms with Crippen molar-refractivity contribution in [2.75, 3.05) is 7.11 Å². The van der Waals surface area contributed by atoms with Crippen LogP contribution in [0.5, 0.6) is 5.75 Å². The number of methoxy groups -OCH3 is 1. The number of hydrogen-bond acceptors (Lipinski definition) is 2. The molecule has 1 aromatic rings. The molecule has 0 fully saturated rings. The molecule has 0 bridgehead atoms. The highest BCUT2D eigenvalue weighted by molar-refractivity contribution is 5.54. The van der Waals surface area contributed by atoms with Crippen LogP contribution in [0.25, 0.3) is 6.08 Å². The Bertz CT molecular complexity index is 279. The van der Waals surface area contributed by atoms with E-state index in [1.165, 1.54) is 0 Å². The zero-order valence-electron chi connectivity index (χ0n) is 7.08. The highest BCUT2D eigenvalue weighted by atomic mass is 16.5. The van der Waals surface area contributed by atoms with Crippen molar-refractivity contribution in [1.82, 2.24) is 0 Å². The average molecular weight is 164 g/mol. The topological polar surface area (TPSA) is 29.5 Å². The average Bonchev–Trinajstić information content (AvgIpc) is 2.16. The van der Waals surface area contributed by atoms with Gasteiger partial charge in [-0.3, -0.25) is 0 Å². The van der Waals surface area contributed by atoms with Crippen LogP contribution in [-0.2, 0) is 6.61 Å². The lowest BCUT2D eigenvalue weighted by atomic mass is 10.1. The van der Waals surface area contributed by atoms with Crippen molar-refractivity contribution < 1.29 is 9.84 Å². The van der Waals surface area contributed by atoms with Crippen LogP contribution in [0.4, 0.5) is 0 Å². The third kappa shape index (κ3) is 1.66. The zero-order chi connectivity index (χ0) is 8.97. The second kappa shape index (κ2) is 3.93. The van der Waals surface area contributed by atoms with Gasteiger partial charge in [0, 0.05) is 0 Å². The summed E-state index contributed by atoms with van der Waals surface area (Å²) in [6, 6.07) is 5.49. The Morgan fingerprint density at radius 2 is 2.33 bits per heavy atom. The van der Waals surface area contributed by atoms with E-state index in [9.17, 15) is 0 Å². The van der Waals surface area contributed by atoms with E-state index in [0.717, 1.165) is 16.9 Å². The molecular formula is C10H12O2. The summed E-state index contributed by atoms with van der Waals surface area (Å²) in [5.41, 5.74) is 1.78. The molecule has 1 aromatic carbocycles. The summed E-state index contributed by atoms with van der Waals surface area (Å²) in [6.45, 7) is 3.68. The van der Waals surface area contributed by atoms with Crippen molar-refractivity contribution in [3.05, 3.63) is 35.9 Å². The van der Waals surface area contributed by atoms with Crippen molar-refractivity contribution in [3.8, 4) is 5.75 Å². The lowest BCUT2D eigenvalue weighted by Crippen LogP contribution is -1.90. The van der Waals surface area contributed by atoms with Crippen molar-refractivity contribution >= 4 is 6.08 Å². The number of ether oxygens (including phenoxy) is 1. The van der Waals surface area contributed by atoms with Gasteiger partial charge in [-0.15, -0.1) is 0 Å². The first-order valence-corrected chi connectivity index (χ1v) is 3.72. The first-order chi connectivity index (χ1) is 5.81. The molecule has 0 radical (unpaired) electrons. The second-order valence-corrected chi connectivity index (χ2v) is 2.43. The van der Waals surface area contributed by atoms with E-state index in [1.807, 2.05) is 18.2 Å². The van der Waals surface area contributed by atoms with Crippen LogP contribution in [-0.4, -0.2) is 12.2 Å². The van der Waals surface area contributed by atoms with E-state index in [0.29, 0.717) is 0 Å². The van der Waals surface area contributed by atoms with Gasteiger partial charge in [-0.2, -0.15) is 0 Å². The molecule has 0 unspecified atom stereocenters. The summed E-state index contributed by atoms with van der Waals surface area (Å²) >= 11 is 0. The van der Waals surface area contributed by atoms with Crippen LogP contribution in [0.2, 0.25) is 0 Å². The minimum atomic E-state index is 0.0331. The molecule has 0 saturated heterocycles. The standard InChI is InChI=1S/C10H12O2/c1-3-8-6-10(12-2)5-4-9(8)7-11/h3-6,11H,1,7H2,2H3. The van der Waals surface area contributed by atoms with Crippen LogP contribution in [0, 0.1) is 0 Å². The fraction of sp³-hybridized carbons (Fsp3) is 0.200. The maximum atomic E-state index is 8.92. The summed E-state index contributed by atoms with van der Waals surface area (Å²) in [7, 11) is 1.61. The van der Waals surface area contributed by atoms with Crippen molar-refractivity contribution in [2.45, 2.75) is 6.61 Å². The number of hydrogen-bond donors (Lipinski definition) is 1. The van der Waals surface area contributed by atoms with Crippen LogP contribution >= 0.6 is 0 Å². The molecule has 1 rings (SSSR count). The second-order valence-electron chi connectivity index (χ2n) is 2.43. The largest absolute Gasteiger partial charge is 0.497 e. The summed E-state index contributed by atoms with van der Waals surface area (Å²) in [6.07, 6.45) is 1.70. The van der Waals surface area contributed by atoms with E-state index < -0.39 is 0 Å². The van der Waals surface area contributed by atoms with Crippen molar-refractivity contribution in [1.29, 1.82) is 0 Å². The van der Waals surface area contributed by atoms with E-state index in [4.69, 9.17) is 9.84 Å². The van der Waals surface area contributed by atoms with Gasteiger partial charge in [0.2, 0.25) is 0 Å². The van der Waals surface area contributed by atoms with E-state index in [-0.39, 0.29) is 6.61 Å². The van der Waals surface area contributed by atoms with Gasteiger partial charge in [0.15, 0.2) is 0 Å². The molecule has 12 heavy (non-hydrogen) atoms. The normalized spacial score (nSPS) is 9.50. The van der Waals surface area contributed by atoms with Crippen molar-refractivity contribution in [2.24, 2.45) is 0 Å². The van der Waals surface area contributed by atoms with Crippen LogP contribution < -0.4 is 4.74 Å². The highest BCUT2D eigenvalue weighted by Gasteiger charge is 1.99. The van der Waals surface area contributed by atoms with Crippen LogP contribution in [0.3, 0.4) is 0 Å². The first kappa shape index (κ1) is 8.81. The molecule has 2 nitrogen and oxygen atoms in total. The van der Waals surface area contributed by atoms with E-state index in [1.54, 1.807) is 13.2 Å². The number of rotatable bonds is 3. The predicted octanol–water partition coefficient (Wildman–Crippen LogP) is 1.83. The van der Waals surface area contributed by atoms with Crippen LogP contribution in [0.15, 0.2) is 24.8 Å². The molecule has 0 atom stereocenters. The van der Waals surface area contributed by atoms with Gasteiger partial charge in [-0.25, -0.2) is 0 Å². The number of benzene rings is 1. The van der Waals surface area contributed by atoms with Gasteiger partial charge in [-0.1, -0.05) is 18.7 Å². The molecule has 0 spiro atoms. The molecule has 0 heterocycles. The Balaban J connectivity index is 3.10. The first-order valence-electron chi connectivity index (χ1n) is 3.72. The third-order valence-corrected chi connectivity index (χ3v) is 1.74. The molecule has 0 saturated carbocycles. The SMILES string of the molecule is C=Cc1cc(OC)ccc1CO. The van der Waals surface area contributed by atoms with Gasteiger partial charge in [0.1, 0.15) is 5.75 Å². The Morgan fingerprint density at radius 1 is 1.58 bits per heavy atom. The molecule has 0 aliphatic heterocycles. The minimum Gasteiger partial charge on any atom is -0.497 e. The van der Waals surface area contributed by atoms with Crippen LogP contribution in [0.1, 0.15) is 11.1 Å². The van der Waals surface area contributed by atoms with E-state index >= 15 is 0 Å².